The number of hydroxylamine groups is 1. The first kappa shape index (κ1) is 28.5. The van der Waals surface area contributed by atoms with Gasteiger partial charge in [0.2, 0.25) is 5.91 Å². The molecule has 6 N–H and O–H groups in total. The summed E-state index contributed by atoms with van der Waals surface area (Å²) in [7, 11) is 0. The van der Waals surface area contributed by atoms with E-state index in [0.717, 1.165) is 55.7 Å². The number of benzene rings is 2. The zero-order chi connectivity index (χ0) is 25.0. The van der Waals surface area contributed by atoms with Gasteiger partial charge in [0, 0.05) is 49.3 Å². The number of hydrogen-bond acceptors (Lipinski definition) is 6. The van der Waals surface area contributed by atoms with Crippen LogP contribution in [0.25, 0.3) is 0 Å². The van der Waals surface area contributed by atoms with E-state index in [1.54, 1.807) is 24.3 Å². The molecule has 3 amide bonds. The van der Waals surface area contributed by atoms with Crippen molar-refractivity contribution in [1.29, 1.82) is 0 Å². The zero-order valence-corrected chi connectivity index (χ0v) is 19.5. The van der Waals surface area contributed by atoms with Gasteiger partial charge in [0.25, 0.3) is 11.8 Å². The van der Waals surface area contributed by atoms with Gasteiger partial charge in [0.15, 0.2) is 0 Å². The Hall–Kier alpha value is -3.71. The summed E-state index contributed by atoms with van der Waals surface area (Å²) in [6, 6.07) is 13.6. The van der Waals surface area contributed by atoms with Gasteiger partial charge in [-0.3, -0.25) is 19.6 Å². The first-order valence-corrected chi connectivity index (χ1v) is 11.6. The Balaban J connectivity index is 0.00000456. The van der Waals surface area contributed by atoms with Crippen LogP contribution in [0.1, 0.15) is 53.7 Å². The first-order valence-electron chi connectivity index (χ1n) is 11.6. The van der Waals surface area contributed by atoms with Crippen molar-refractivity contribution in [3.8, 4) is 11.8 Å². The number of hydrogen-bond donors (Lipinski definition) is 5. The molecule has 0 bridgehead atoms. The molecule has 0 unspecified atom stereocenters. The van der Waals surface area contributed by atoms with Crippen molar-refractivity contribution < 1.29 is 19.6 Å². The van der Waals surface area contributed by atoms with Crippen molar-refractivity contribution >= 4 is 17.7 Å². The van der Waals surface area contributed by atoms with Crippen LogP contribution in [-0.2, 0) is 16.1 Å². The van der Waals surface area contributed by atoms with E-state index < -0.39 is 17.9 Å². The molecule has 1 aliphatic heterocycles. The van der Waals surface area contributed by atoms with E-state index in [-0.39, 0.29) is 19.9 Å². The van der Waals surface area contributed by atoms with E-state index >= 15 is 0 Å². The molecule has 9 heteroatoms. The number of carbonyl (C=O) groups excluding carboxylic acids is 3. The lowest BCUT2D eigenvalue weighted by atomic mass is 10.1. The van der Waals surface area contributed by atoms with Crippen LogP contribution in [0.3, 0.4) is 0 Å². The molecule has 1 fully saturated rings. The van der Waals surface area contributed by atoms with Crippen LogP contribution in [0.2, 0.25) is 0 Å². The van der Waals surface area contributed by atoms with Crippen LogP contribution in [0.4, 0.5) is 0 Å². The van der Waals surface area contributed by atoms with Gasteiger partial charge in [-0.25, -0.2) is 5.48 Å². The van der Waals surface area contributed by atoms with E-state index in [0.29, 0.717) is 12.0 Å². The summed E-state index contributed by atoms with van der Waals surface area (Å²) in [5.41, 5.74) is 10.1. The van der Waals surface area contributed by atoms with Gasteiger partial charge in [-0.1, -0.05) is 31.4 Å². The summed E-state index contributed by atoms with van der Waals surface area (Å²) < 4.78 is 0. The highest BCUT2D eigenvalue weighted by molar-refractivity contribution is 5.97. The molecule has 1 atom stereocenters. The Kier molecular flexibility index (Phi) is 11.6. The average molecular weight is 494 g/mol. The van der Waals surface area contributed by atoms with E-state index in [9.17, 15) is 14.4 Å². The molecule has 0 spiro atoms. The molecule has 3 rings (SSSR count). The molecular formula is C27H35N5O4. The fraction of sp³-hybridized carbons (Fsp3) is 0.370. The van der Waals surface area contributed by atoms with Crippen molar-refractivity contribution in [1.82, 2.24) is 21.0 Å². The lowest BCUT2D eigenvalue weighted by Gasteiger charge is -2.15. The molecule has 0 radical (unpaired) electrons. The Labute approximate surface area is 212 Å². The SMILES string of the molecule is C.NC[C@H](NC(=O)c1ccc(C#Cc2ccc(CNCCCN3CCCC3=O)cc2)cc1)C(=O)NO. The summed E-state index contributed by atoms with van der Waals surface area (Å²) >= 11 is 0. The molecule has 36 heavy (non-hydrogen) atoms. The highest BCUT2D eigenvalue weighted by Gasteiger charge is 2.20. The largest absolute Gasteiger partial charge is 0.343 e. The molecule has 192 valence electrons. The molecule has 1 aliphatic rings. The smallest absolute Gasteiger partial charge is 0.267 e. The molecule has 0 aliphatic carbocycles. The molecule has 1 heterocycles. The van der Waals surface area contributed by atoms with Crippen LogP contribution in [-0.4, -0.2) is 60.0 Å². The maximum atomic E-state index is 12.3. The van der Waals surface area contributed by atoms with Gasteiger partial charge < -0.3 is 21.3 Å². The number of rotatable bonds is 10. The normalized spacial score (nSPS) is 13.3. The highest BCUT2D eigenvalue weighted by atomic mass is 16.5. The van der Waals surface area contributed by atoms with Gasteiger partial charge in [-0.15, -0.1) is 0 Å². The van der Waals surface area contributed by atoms with Crippen molar-refractivity contribution in [3.63, 3.8) is 0 Å². The van der Waals surface area contributed by atoms with Gasteiger partial charge in [0.05, 0.1) is 0 Å². The van der Waals surface area contributed by atoms with Crippen molar-refractivity contribution in [2.75, 3.05) is 26.2 Å². The molecule has 2 aromatic carbocycles. The Morgan fingerprint density at radius 1 is 1.06 bits per heavy atom. The minimum Gasteiger partial charge on any atom is -0.343 e. The third kappa shape index (κ3) is 8.50. The Bertz CT molecular complexity index is 1070. The summed E-state index contributed by atoms with van der Waals surface area (Å²) in [5, 5.41) is 14.6. The highest BCUT2D eigenvalue weighted by Crippen LogP contribution is 2.10. The van der Waals surface area contributed by atoms with Crippen molar-refractivity contribution in [2.24, 2.45) is 5.73 Å². The van der Waals surface area contributed by atoms with Crippen LogP contribution in [0.5, 0.6) is 0 Å². The van der Waals surface area contributed by atoms with Crippen LogP contribution in [0.15, 0.2) is 48.5 Å². The lowest BCUT2D eigenvalue weighted by molar-refractivity contribution is -0.131. The van der Waals surface area contributed by atoms with Gasteiger partial charge in [-0.2, -0.15) is 0 Å². The molecular weight excluding hydrogens is 458 g/mol. The van der Waals surface area contributed by atoms with E-state index in [1.807, 2.05) is 29.2 Å². The fourth-order valence-electron chi connectivity index (χ4n) is 3.67. The van der Waals surface area contributed by atoms with Gasteiger partial charge in [-0.05, 0) is 61.3 Å². The van der Waals surface area contributed by atoms with E-state index in [1.165, 1.54) is 5.48 Å². The minimum atomic E-state index is -1.02. The number of nitrogens with one attached hydrogen (secondary N) is 3. The summed E-state index contributed by atoms with van der Waals surface area (Å²) in [4.78, 5) is 37.3. The second kappa shape index (κ2) is 14.6. The van der Waals surface area contributed by atoms with Crippen LogP contribution >= 0.6 is 0 Å². The number of carbonyl (C=O) groups is 3. The monoisotopic (exact) mass is 493 g/mol. The summed E-state index contributed by atoms with van der Waals surface area (Å²) in [5.74, 6) is 5.20. The van der Waals surface area contributed by atoms with E-state index in [2.05, 4.69) is 22.5 Å². The predicted molar refractivity (Wildman–Crippen MR) is 138 cm³/mol. The molecule has 1 saturated heterocycles. The summed E-state index contributed by atoms with van der Waals surface area (Å²) in [6.45, 7) is 3.19. The summed E-state index contributed by atoms with van der Waals surface area (Å²) in [6.07, 6.45) is 2.61. The fourth-order valence-corrected chi connectivity index (χ4v) is 3.67. The van der Waals surface area contributed by atoms with Crippen molar-refractivity contribution in [3.05, 3.63) is 70.8 Å². The third-order valence-electron chi connectivity index (χ3n) is 5.70. The van der Waals surface area contributed by atoms with Gasteiger partial charge in [0.1, 0.15) is 6.04 Å². The standard InChI is InChI=1S/C26H31N5O4.CH4/c27-17-23(26(34)30-35)29-25(33)22-12-10-20(11-13-22)5-4-19-6-8-21(9-7-19)18-28-14-2-16-31-15-1-3-24(31)32;/h6-13,23,28,35H,1-3,14-18,27H2,(H,29,33)(H,30,34);1H4/t23-;/m0./s1. The first-order chi connectivity index (χ1) is 17.0. The number of amides is 3. The number of nitrogens with two attached hydrogens (primary N) is 1. The Morgan fingerprint density at radius 3 is 2.25 bits per heavy atom. The molecule has 9 nitrogen and oxygen atoms in total. The maximum Gasteiger partial charge on any atom is 0.267 e. The molecule has 0 aromatic heterocycles. The predicted octanol–water partition coefficient (Wildman–Crippen LogP) is 1.39. The molecule has 0 saturated carbocycles. The third-order valence-corrected chi connectivity index (χ3v) is 5.70. The van der Waals surface area contributed by atoms with Crippen molar-refractivity contribution in [2.45, 2.75) is 39.3 Å². The topological polar surface area (TPSA) is 137 Å². The van der Waals surface area contributed by atoms with Gasteiger partial charge >= 0.3 is 0 Å². The number of likely N-dealkylation sites (tertiary alicyclic amines) is 1. The minimum absolute atomic E-state index is 0. The maximum absolute atomic E-state index is 12.3. The lowest BCUT2D eigenvalue weighted by Crippen LogP contribution is -2.50. The van der Waals surface area contributed by atoms with Crippen LogP contribution in [0, 0.1) is 11.8 Å². The average Bonchev–Trinajstić information content (AvgIpc) is 3.30. The zero-order valence-electron chi connectivity index (χ0n) is 19.5. The number of nitrogens with zero attached hydrogens (tertiary/aromatic N) is 1. The second-order valence-corrected chi connectivity index (χ2v) is 8.28. The van der Waals surface area contributed by atoms with Crippen LogP contribution < -0.4 is 21.8 Å². The second-order valence-electron chi connectivity index (χ2n) is 8.28. The quantitative estimate of drug-likeness (QED) is 0.147. The van der Waals surface area contributed by atoms with E-state index in [4.69, 9.17) is 10.9 Å². The Morgan fingerprint density at radius 2 is 1.69 bits per heavy atom. The molecule has 2 aromatic rings.